The number of thiophene rings is 1. The summed E-state index contributed by atoms with van der Waals surface area (Å²) in [6, 6.07) is 42.8. The lowest BCUT2D eigenvalue weighted by molar-refractivity contribution is 0.0978. The third-order valence-corrected chi connectivity index (χ3v) is 6.82. The van der Waals surface area contributed by atoms with Gasteiger partial charge >= 0.3 is 0 Å². The number of carbonyl (C=O) groups is 1. The molecular formula is C30H22OS. The monoisotopic (exact) mass is 430 g/mol. The van der Waals surface area contributed by atoms with E-state index in [9.17, 15) is 4.79 Å². The van der Waals surface area contributed by atoms with Gasteiger partial charge in [-0.05, 0) is 28.3 Å². The maximum Gasteiger partial charge on any atom is 0.184 e. The quantitative estimate of drug-likeness (QED) is 0.249. The molecule has 2 heteroatoms. The van der Waals surface area contributed by atoms with Crippen LogP contribution in [0.1, 0.15) is 26.7 Å². The zero-order valence-corrected chi connectivity index (χ0v) is 18.3. The lowest BCUT2D eigenvalue weighted by Gasteiger charge is -2.16. The number of carbonyl (C=O) groups excluding carboxylic acids is 1. The first kappa shape index (κ1) is 20.2. The predicted molar refractivity (Wildman–Crippen MR) is 134 cm³/mol. The van der Waals surface area contributed by atoms with Crippen LogP contribution in [0.3, 0.4) is 0 Å². The third-order valence-electron chi connectivity index (χ3n) is 5.62. The van der Waals surface area contributed by atoms with Gasteiger partial charge in [0.15, 0.2) is 5.78 Å². The van der Waals surface area contributed by atoms with Crippen LogP contribution in [0.4, 0.5) is 0 Å². The molecule has 0 radical (unpaired) electrons. The molecule has 0 N–H and O–H groups in total. The summed E-state index contributed by atoms with van der Waals surface area (Å²) < 4.78 is 0. The fourth-order valence-electron chi connectivity index (χ4n) is 4.08. The SMILES string of the molecule is O=C(c1cc(-c2ccccc2)c(-c2ccccc2)s1)C(c1ccccc1)c1ccccc1. The molecule has 0 bridgehead atoms. The van der Waals surface area contributed by atoms with E-state index in [1.54, 1.807) is 11.3 Å². The molecule has 1 aromatic heterocycles. The van der Waals surface area contributed by atoms with Crippen molar-refractivity contribution < 1.29 is 4.79 Å². The van der Waals surface area contributed by atoms with E-state index in [0.717, 1.165) is 37.6 Å². The van der Waals surface area contributed by atoms with E-state index in [4.69, 9.17) is 0 Å². The van der Waals surface area contributed by atoms with Crippen molar-refractivity contribution in [3.05, 3.63) is 143 Å². The summed E-state index contributed by atoms with van der Waals surface area (Å²) in [6.07, 6.45) is 0. The van der Waals surface area contributed by atoms with Gasteiger partial charge in [-0.2, -0.15) is 0 Å². The average molecular weight is 431 g/mol. The van der Waals surface area contributed by atoms with Crippen molar-refractivity contribution >= 4 is 17.1 Å². The molecule has 0 aliphatic carbocycles. The predicted octanol–water partition coefficient (Wildman–Crippen LogP) is 8.10. The van der Waals surface area contributed by atoms with Crippen LogP contribution in [-0.2, 0) is 0 Å². The van der Waals surface area contributed by atoms with E-state index in [0.29, 0.717) is 0 Å². The zero-order valence-electron chi connectivity index (χ0n) is 17.5. The average Bonchev–Trinajstić information content (AvgIpc) is 3.32. The molecule has 0 fully saturated rings. The van der Waals surface area contributed by atoms with Gasteiger partial charge in [0.25, 0.3) is 0 Å². The number of ketones is 1. The van der Waals surface area contributed by atoms with Gasteiger partial charge in [-0.1, -0.05) is 121 Å². The van der Waals surface area contributed by atoms with Crippen LogP contribution in [0.5, 0.6) is 0 Å². The smallest absolute Gasteiger partial charge is 0.184 e. The van der Waals surface area contributed by atoms with Gasteiger partial charge in [0.1, 0.15) is 0 Å². The standard InChI is InChI=1S/C30H22OS/c31-29(28(23-15-7-2-8-16-23)24-17-9-3-10-18-24)27-21-26(22-13-5-1-6-14-22)30(32-27)25-19-11-4-12-20-25/h1-21,28H. The minimum atomic E-state index is -0.330. The van der Waals surface area contributed by atoms with Crippen LogP contribution < -0.4 is 0 Å². The van der Waals surface area contributed by atoms with E-state index >= 15 is 0 Å². The van der Waals surface area contributed by atoms with Gasteiger partial charge in [-0.3, -0.25) is 4.79 Å². The summed E-state index contributed by atoms with van der Waals surface area (Å²) in [5.41, 5.74) is 5.38. The Morgan fingerprint density at radius 2 is 1.00 bits per heavy atom. The lowest BCUT2D eigenvalue weighted by atomic mass is 9.87. The van der Waals surface area contributed by atoms with Crippen molar-refractivity contribution in [2.24, 2.45) is 0 Å². The van der Waals surface area contributed by atoms with Crippen LogP contribution in [0.15, 0.2) is 127 Å². The maximum atomic E-state index is 14.0. The van der Waals surface area contributed by atoms with Crippen molar-refractivity contribution in [3.8, 4) is 21.6 Å². The molecule has 32 heavy (non-hydrogen) atoms. The second-order valence-electron chi connectivity index (χ2n) is 7.70. The third kappa shape index (κ3) is 4.05. The molecule has 0 unspecified atom stereocenters. The number of hydrogen-bond donors (Lipinski definition) is 0. The molecule has 0 aliphatic heterocycles. The Bertz CT molecular complexity index is 1210. The Kier molecular flexibility index (Phi) is 5.78. The number of benzene rings is 4. The fraction of sp³-hybridized carbons (Fsp3) is 0.0333. The van der Waals surface area contributed by atoms with Crippen LogP contribution in [0.25, 0.3) is 21.6 Å². The van der Waals surface area contributed by atoms with E-state index in [-0.39, 0.29) is 11.7 Å². The van der Waals surface area contributed by atoms with E-state index < -0.39 is 0 Å². The molecule has 5 rings (SSSR count). The molecule has 0 atom stereocenters. The Hall–Kier alpha value is -3.75. The minimum absolute atomic E-state index is 0.131. The Labute approximate surface area is 192 Å². The minimum Gasteiger partial charge on any atom is -0.292 e. The summed E-state index contributed by atoms with van der Waals surface area (Å²) in [5, 5.41) is 0. The van der Waals surface area contributed by atoms with Crippen molar-refractivity contribution in [2.45, 2.75) is 5.92 Å². The largest absolute Gasteiger partial charge is 0.292 e. The summed E-state index contributed by atoms with van der Waals surface area (Å²) >= 11 is 1.58. The Balaban J connectivity index is 1.65. The normalized spacial score (nSPS) is 10.9. The molecule has 0 saturated heterocycles. The second-order valence-corrected chi connectivity index (χ2v) is 8.76. The zero-order chi connectivity index (χ0) is 21.8. The fourth-order valence-corrected chi connectivity index (χ4v) is 5.23. The molecule has 0 amide bonds. The maximum absolute atomic E-state index is 14.0. The number of rotatable bonds is 6. The highest BCUT2D eigenvalue weighted by molar-refractivity contribution is 7.18. The molecular weight excluding hydrogens is 408 g/mol. The summed E-state index contributed by atoms with van der Waals surface area (Å²) in [4.78, 5) is 15.9. The van der Waals surface area contributed by atoms with Gasteiger partial charge in [-0.15, -0.1) is 11.3 Å². The first-order valence-corrected chi connectivity index (χ1v) is 11.5. The van der Waals surface area contributed by atoms with Crippen molar-refractivity contribution in [1.82, 2.24) is 0 Å². The van der Waals surface area contributed by atoms with Crippen molar-refractivity contribution in [3.63, 3.8) is 0 Å². The van der Waals surface area contributed by atoms with Crippen LogP contribution in [-0.4, -0.2) is 5.78 Å². The summed E-state index contributed by atoms with van der Waals surface area (Å²) in [7, 11) is 0. The molecule has 0 saturated carbocycles. The van der Waals surface area contributed by atoms with Gasteiger partial charge in [0, 0.05) is 10.4 Å². The molecule has 0 spiro atoms. The van der Waals surface area contributed by atoms with E-state index in [1.165, 1.54) is 0 Å². The first-order valence-electron chi connectivity index (χ1n) is 10.7. The van der Waals surface area contributed by atoms with Crippen LogP contribution in [0, 0.1) is 0 Å². The van der Waals surface area contributed by atoms with E-state index in [2.05, 4.69) is 30.3 Å². The first-order chi connectivity index (χ1) is 15.8. The molecule has 154 valence electrons. The van der Waals surface area contributed by atoms with Crippen molar-refractivity contribution in [1.29, 1.82) is 0 Å². The summed E-state index contributed by atoms with van der Waals surface area (Å²) in [5.74, 6) is -0.199. The number of hydrogen-bond acceptors (Lipinski definition) is 2. The van der Waals surface area contributed by atoms with Crippen LogP contribution in [0.2, 0.25) is 0 Å². The Morgan fingerprint density at radius 3 is 1.50 bits per heavy atom. The molecule has 5 aromatic rings. The molecule has 1 heterocycles. The topological polar surface area (TPSA) is 17.1 Å². The van der Waals surface area contributed by atoms with Gasteiger partial charge in [0.05, 0.1) is 10.8 Å². The lowest BCUT2D eigenvalue weighted by Crippen LogP contribution is -2.13. The second kappa shape index (κ2) is 9.17. The summed E-state index contributed by atoms with van der Waals surface area (Å²) in [6.45, 7) is 0. The van der Waals surface area contributed by atoms with Crippen molar-refractivity contribution in [2.75, 3.05) is 0 Å². The van der Waals surface area contributed by atoms with Gasteiger partial charge < -0.3 is 0 Å². The Morgan fingerprint density at radius 1 is 0.562 bits per heavy atom. The molecule has 0 aliphatic rings. The highest BCUT2D eigenvalue weighted by atomic mass is 32.1. The van der Waals surface area contributed by atoms with Gasteiger partial charge in [-0.25, -0.2) is 0 Å². The van der Waals surface area contributed by atoms with Crippen LogP contribution >= 0.6 is 11.3 Å². The molecule has 1 nitrogen and oxygen atoms in total. The highest BCUT2D eigenvalue weighted by Crippen LogP contribution is 2.41. The molecule has 4 aromatic carbocycles. The number of Topliss-reactive ketones (excluding diaryl/α,β-unsaturated/α-hetero) is 1. The van der Waals surface area contributed by atoms with E-state index in [1.807, 2.05) is 97.1 Å². The highest BCUT2D eigenvalue weighted by Gasteiger charge is 2.27. The van der Waals surface area contributed by atoms with Gasteiger partial charge in [0.2, 0.25) is 0 Å².